The van der Waals surface area contributed by atoms with Gasteiger partial charge in [0.25, 0.3) is 0 Å². The van der Waals surface area contributed by atoms with Gasteiger partial charge in [0, 0.05) is 5.56 Å². The molecule has 0 amide bonds. The first-order valence-corrected chi connectivity index (χ1v) is 5.88. The number of rotatable bonds is 0. The predicted octanol–water partition coefficient (Wildman–Crippen LogP) is 2.37. The molecule has 1 aliphatic rings. The molecule has 2 rings (SSSR count). The number of hydrogen-bond acceptors (Lipinski definition) is 3. The molecule has 0 fully saturated rings. The van der Waals surface area contributed by atoms with Gasteiger partial charge >= 0.3 is 6.18 Å². The summed E-state index contributed by atoms with van der Waals surface area (Å²) in [4.78, 5) is 0. The molecule has 0 aromatic heterocycles. The highest BCUT2D eigenvalue weighted by Gasteiger charge is 2.62. The number of aromatic hydroxyl groups is 1. The fourth-order valence-corrected chi connectivity index (χ4v) is 2.96. The van der Waals surface area contributed by atoms with Crippen molar-refractivity contribution in [2.45, 2.75) is 43.5 Å². The van der Waals surface area contributed by atoms with Gasteiger partial charge < -0.3 is 15.9 Å². The Bertz CT molecular complexity index is 513. The van der Waals surface area contributed by atoms with E-state index >= 15 is 0 Å². The molecule has 6 heteroatoms. The lowest BCUT2D eigenvalue weighted by Crippen LogP contribution is -2.58. The minimum absolute atomic E-state index is 0.0952. The van der Waals surface area contributed by atoms with Gasteiger partial charge in [0.1, 0.15) is 5.75 Å². The van der Waals surface area contributed by atoms with Crippen molar-refractivity contribution in [3.63, 3.8) is 0 Å². The Morgan fingerprint density at radius 2 is 1.89 bits per heavy atom. The highest BCUT2D eigenvalue weighted by molar-refractivity contribution is 5.49. The number of halogens is 3. The standard InChI is InChI=1S/C13H16F3NO2/c1-11(2)6-12(19,13(14,15)16)10(17)7-4-3-5-8(18)9(7)11/h3-5,10,18-19H,6,17H2,1-2H3. The SMILES string of the molecule is CC1(C)CC(O)(C(F)(F)F)C(N)c2cccc(O)c21. The summed E-state index contributed by atoms with van der Waals surface area (Å²) in [6.07, 6.45) is -5.41. The molecule has 4 N–H and O–H groups in total. The summed E-state index contributed by atoms with van der Waals surface area (Å²) in [5.74, 6) is -0.0952. The number of hydrogen-bond donors (Lipinski definition) is 3. The number of nitrogens with two attached hydrogens (primary N) is 1. The first-order valence-electron chi connectivity index (χ1n) is 5.88. The zero-order valence-corrected chi connectivity index (χ0v) is 10.6. The number of fused-ring (bicyclic) bond motifs is 1. The lowest BCUT2D eigenvalue weighted by molar-refractivity contribution is -0.278. The van der Waals surface area contributed by atoms with Gasteiger partial charge in [-0.25, -0.2) is 0 Å². The van der Waals surface area contributed by atoms with Gasteiger partial charge in [-0.1, -0.05) is 26.0 Å². The molecular formula is C13H16F3NO2. The molecule has 0 saturated carbocycles. The van der Waals surface area contributed by atoms with Crippen LogP contribution in [0.5, 0.6) is 5.75 Å². The van der Waals surface area contributed by atoms with Crippen molar-refractivity contribution in [3.8, 4) is 5.75 Å². The van der Waals surface area contributed by atoms with Crippen molar-refractivity contribution in [3.05, 3.63) is 29.3 Å². The summed E-state index contributed by atoms with van der Waals surface area (Å²) < 4.78 is 39.4. The van der Waals surface area contributed by atoms with E-state index in [0.29, 0.717) is 5.56 Å². The Labute approximate surface area is 108 Å². The van der Waals surface area contributed by atoms with Gasteiger partial charge in [-0.15, -0.1) is 0 Å². The van der Waals surface area contributed by atoms with E-state index in [1.54, 1.807) is 13.8 Å². The lowest BCUT2D eigenvalue weighted by Gasteiger charge is -2.47. The van der Waals surface area contributed by atoms with E-state index in [4.69, 9.17) is 5.73 Å². The topological polar surface area (TPSA) is 66.5 Å². The van der Waals surface area contributed by atoms with Gasteiger partial charge in [0.2, 0.25) is 0 Å². The van der Waals surface area contributed by atoms with E-state index in [2.05, 4.69) is 0 Å². The van der Waals surface area contributed by atoms with Crippen LogP contribution >= 0.6 is 0 Å². The second-order valence-electron chi connectivity index (χ2n) is 5.70. The summed E-state index contributed by atoms with van der Waals surface area (Å²) in [6, 6.07) is 2.64. The van der Waals surface area contributed by atoms with Crippen LogP contribution in [0.4, 0.5) is 13.2 Å². The number of phenols is 1. The quantitative estimate of drug-likeness (QED) is 0.681. The van der Waals surface area contributed by atoms with Crippen molar-refractivity contribution in [2.24, 2.45) is 5.73 Å². The normalized spacial score (nSPS) is 29.9. The van der Waals surface area contributed by atoms with Crippen LogP contribution in [0.1, 0.15) is 37.4 Å². The Kier molecular flexibility index (Phi) is 2.88. The summed E-state index contributed by atoms with van der Waals surface area (Å²) in [5, 5.41) is 19.9. The molecule has 0 bridgehead atoms. The second-order valence-corrected chi connectivity index (χ2v) is 5.70. The first kappa shape index (κ1) is 14.1. The molecule has 106 valence electrons. The van der Waals surface area contributed by atoms with Crippen LogP contribution in [0, 0.1) is 0 Å². The van der Waals surface area contributed by atoms with E-state index in [1.165, 1.54) is 18.2 Å². The maximum atomic E-state index is 13.1. The van der Waals surface area contributed by atoms with Crippen LogP contribution in [0.15, 0.2) is 18.2 Å². The van der Waals surface area contributed by atoms with Crippen molar-refractivity contribution >= 4 is 0 Å². The second kappa shape index (κ2) is 3.86. The van der Waals surface area contributed by atoms with Crippen molar-refractivity contribution < 1.29 is 23.4 Å². The average Bonchev–Trinajstić information content (AvgIpc) is 2.23. The van der Waals surface area contributed by atoms with E-state index in [0.717, 1.165) is 0 Å². The summed E-state index contributed by atoms with van der Waals surface area (Å²) in [7, 11) is 0. The van der Waals surface area contributed by atoms with E-state index in [9.17, 15) is 23.4 Å². The summed E-state index contributed by atoms with van der Waals surface area (Å²) >= 11 is 0. The molecule has 3 nitrogen and oxygen atoms in total. The molecule has 1 aromatic carbocycles. The molecule has 19 heavy (non-hydrogen) atoms. The fraction of sp³-hybridized carbons (Fsp3) is 0.538. The summed E-state index contributed by atoms with van der Waals surface area (Å²) in [6.45, 7) is 3.10. The molecule has 1 aromatic rings. The number of aliphatic hydroxyl groups is 1. The van der Waals surface area contributed by atoms with Crippen LogP contribution in [-0.4, -0.2) is 22.0 Å². The Balaban J connectivity index is 2.69. The molecule has 2 unspecified atom stereocenters. The van der Waals surface area contributed by atoms with Crippen LogP contribution < -0.4 is 5.73 Å². The number of alkyl halides is 3. The number of benzene rings is 1. The van der Waals surface area contributed by atoms with Crippen molar-refractivity contribution in [2.75, 3.05) is 0 Å². The molecule has 0 spiro atoms. The molecular weight excluding hydrogens is 259 g/mol. The highest BCUT2D eigenvalue weighted by Crippen LogP contribution is 2.54. The van der Waals surface area contributed by atoms with E-state index in [-0.39, 0.29) is 11.3 Å². The molecule has 0 radical (unpaired) electrons. The van der Waals surface area contributed by atoms with Crippen LogP contribution in [0.25, 0.3) is 0 Å². The molecule has 0 heterocycles. The van der Waals surface area contributed by atoms with Crippen LogP contribution in [-0.2, 0) is 5.41 Å². The van der Waals surface area contributed by atoms with Crippen LogP contribution in [0.2, 0.25) is 0 Å². The third-order valence-corrected chi connectivity index (χ3v) is 3.80. The van der Waals surface area contributed by atoms with Gasteiger partial charge in [0.15, 0.2) is 5.60 Å². The van der Waals surface area contributed by atoms with Crippen molar-refractivity contribution in [1.29, 1.82) is 0 Å². The molecule has 1 aliphatic carbocycles. The predicted molar refractivity (Wildman–Crippen MR) is 63.7 cm³/mol. The Hall–Kier alpha value is -1.27. The van der Waals surface area contributed by atoms with Gasteiger partial charge in [-0.2, -0.15) is 13.2 Å². The molecule has 0 saturated heterocycles. The highest BCUT2D eigenvalue weighted by atomic mass is 19.4. The Morgan fingerprint density at radius 1 is 1.32 bits per heavy atom. The maximum Gasteiger partial charge on any atom is 0.419 e. The van der Waals surface area contributed by atoms with Crippen molar-refractivity contribution in [1.82, 2.24) is 0 Å². The van der Waals surface area contributed by atoms with Gasteiger partial charge in [0.05, 0.1) is 6.04 Å². The molecule has 2 atom stereocenters. The minimum Gasteiger partial charge on any atom is -0.508 e. The monoisotopic (exact) mass is 275 g/mol. The van der Waals surface area contributed by atoms with E-state index < -0.39 is 29.7 Å². The minimum atomic E-state index is -4.83. The van der Waals surface area contributed by atoms with Gasteiger partial charge in [-0.05, 0) is 23.5 Å². The lowest BCUT2D eigenvalue weighted by atomic mass is 9.63. The zero-order chi connectivity index (χ0) is 14.6. The maximum absolute atomic E-state index is 13.1. The third kappa shape index (κ3) is 1.90. The summed E-state index contributed by atoms with van der Waals surface area (Å²) in [5.41, 5.74) is 2.11. The first-order chi connectivity index (χ1) is 8.51. The smallest absolute Gasteiger partial charge is 0.419 e. The number of phenolic OH excluding ortho intramolecular Hbond substituents is 1. The third-order valence-electron chi connectivity index (χ3n) is 3.80. The molecule has 0 aliphatic heterocycles. The average molecular weight is 275 g/mol. The van der Waals surface area contributed by atoms with Gasteiger partial charge in [-0.3, -0.25) is 0 Å². The van der Waals surface area contributed by atoms with Crippen LogP contribution in [0.3, 0.4) is 0 Å². The Morgan fingerprint density at radius 3 is 2.42 bits per heavy atom. The largest absolute Gasteiger partial charge is 0.508 e. The zero-order valence-electron chi connectivity index (χ0n) is 10.6. The van der Waals surface area contributed by atoms with E-state index in [1.807, 2.05) is 0 Å². The fourth-order valence-electron chi connectivity index (χ4n) is 2.96.